The minimum absolute atomic E-state index is 0.0355. The van der Waals surface area contributed by atoms with Crippen molar-refractivity contribution in [3.8, 4) is 5.75 Å². The number of hydrogen-bond acceptors (Lipinski definition) is 3. The van der Waals surface area contributed by atoms with Crippen LogP contribution in [0.5, 0.6) is 5.75 Å². The summed E-state index contributed by atoms with van der Waals surface area (Å²) in [5.41, 5.74) is 2.57. The molecule has 0 saturated heterocycles. The number of hydrogen-bond donors (Lipinski definition) is 1. The lowest BCUT2D eigenvalue weighted by atomic mass is 10.0. The van der Waals surface area contributed by atoms with E-state index in [0.29, 0.717) is 0 Å². The third-order valence-electron chi connectivity index (χ3n) is 2.82. The number of ether oxygens (including phenoxy) is 1. The minimum Gasteiger partial charge on any atom is -0.487 e. The molecule has 0 atom stereocenters. The number of aliphatic hydroxyl groups excluding tert-OH is 1. The molecule has 3 heteroatoms. The Morgan fingerprint density at radius 1 is 1.22 bits per heavy atom. The van der Waals surface area contributed by atoms with Gasteiger partial charge in [0.2, 0.25) is 0 Å². The number of rotatable bonds is 2. The first-order valence-corrected chi connectivity index (χ1v) is 6.09. The maximum absolute atomic E-state index is 9.27. The van der Waals surface area contributed by atoms with E-state index in [9.17, 15) is 5.11 Å². The van der Waals surface area contributed by atoms with Gasteiger partial charge in [-0.2, -0.15) is 0 Å². The predicted octanol–water partition coefficient (Wildman–Crippen LogP) is 3.21. The molecular weight excluding hydrogens is 226 g/mol. The summed E-state index contributed by atoms with van der Waals surface area (Å²) in [6, 6.07) is 5.77. The molecule has 0 aliphatic heterocycles. The van der Waals surface area contributed by atoms with Crippen LogP contribution in [-0.2, 0) is 6.61 Å². The Hall–Kier alpha value is -1.61. The molecule has 1 aromatic heterocycles. The fourth-order valence-corrected chi connectivity index (χ4v) is 1.97. The Morgan fingerprint density at radius 2 is 1.94 bits per heavy atom. The molecule has 0 saturated carbocycles. The van der Waals surface area contributed by atoms with Gasteiger partial charge in [0.15, 0.2) is 0 Å². The van der Waals surface area contributed by atoms with Gasteiger partial charge in [0.25, 0.3) is 0 Å². The second-order valence-electron chi connectivity index (χ2n) is 5.43. The second kappa shape index (κ2) is 4.58. The van der Waals surface area contributed by atoms with Gasteiger partial charge in [-0.15, -0.1) is 0 Å². The van der Waals surface area contributed by atoms with Gasteiger partial charge in [-0.05, 0) is 51.0 Å². The van der Waals surface area contributed by atoms with Crippen LogP contribution in [0.3, 0.4) is 0 Å². The van der Waals surface area contributed by atoms with E-state index in [1.54, 1.807) is 6.20 Å². The molecular formula is C15H19NO2. The zero-order valence-corrected chi connectivity index (χ0v) is 11.3. The van der Waals surface area contributed by atoms with Crippen molar-refractivity contribution in [2.75, 3.05) is 0 Å². The Bertz CT molecular complexity index is 570. The van der Waals surface area contributed by atoms with Gasteiger partial charge in [-0.25, -0.2) is 0 Å². The number of aliphatic hydroxyl groups is 1. The Morgan fingerprint density at radius 3 is 2.56 bits per heavy atom. The highest BCUT2D eigenvalue weighted by Crippen LogP contribution is 2.30. The van der Waals surface area contributed by atoms with Crippen molar-refractivity contribution in [3.05, 3.63) is 35.5 Å². The molecule has 0 spiro atoms. The number of aryl methyl sites for hydroxylation is 1. The third-order valence-corrected chi connectivity index (χ3v) is 2.82. The van der Waals surface area contributed by atoms with Crippen LogP contribution < -0.4 is 4.74 Å². The lowest BCUT2D eigenvalue weighted by Crippen LogP contribution is -2.23. The molecule has 1 N–H and O–H groups in total. The summed E-state index contributed by atoms with van der Waals surface area (Å²) in [4.78, 5) is 4.39. The predicted molar refractivity (Wildman–Crippen MR) is 72.8 cm³/mol. The summed E-state index contributed by atoms with van der Waals surface area (Å²) in [7, 11) is 0. The maximum Gasteiger partial charge on any atom is 0.131 e. The van der Waals surface area contributed by atoms with Crippen LogP contribution in [0.1, 0.15) is 31.9 Å². The van der Waals surface area contributed by atoms with Crippen LogP contribution in [0.15, 0.2) is 24.4 Å². The van der Waals surface area contributed by atoms with Crippen molar-refractivity contribution in [3.63, 3.8) is 0 Å². The number of nitrogens with zero attached hydrogens (tertiary/aromatic N) is 1. The third kappa shape index (κ3) is 2.46. The summed E-state index contributed by atoms with van der Waals surface area (Å²) in [6.45, 7) is 8.08. The second-order valence-corrected chi connectivity index (χ2v) is 5.43. The topological polar surface area (TPSA) is 42.4 Å². The van der Waals surface area contributed by atoms with Crippen LogP contribution in [-0.4, -0.2) is 15.7 Å². The molecule has 1 heterocycles. The maximum atomic E-state index is 9.27. The Labute approximate surface area is 107 Å². The number of aromatic nitrogens is 1. The molecule has 0 radical (unpaired) electrons. The standard InChI is InChI=1S/C15H19NO2/c1-10-11(9-17)5-6-12-13(18-15(2,3)4)7-8-16-14(10)12/h5-8,17H,9H2,1-4H3. The van der Waals surface area contributed by atoms with E-state index in [0.717, 1.165) is 27.8 Å². The van der Waals surface area contributed by atoms with E-state index in [1.165, 1.54) is 0 Å². The van der Waals surface area contributed by atoms with Crippen LogP contribution in [0.2, 0.25) is 0 Å². The first kappa shape index (κ1) is 12.8. The molecule has 0 aliphatic rings. The van der Waals surface area contributed by atoms with E-state index >= 15 is 0 Å². The van der Waals surface area contributed by atoms with E-state index in [1.807, 2.05) is 45.9 Å². The van der Waals surface area contributed by atoms with E-state index in [-0.39, 0.29) is 12.2 Å². The zero-order valence-electron chi connectivity index (χ0n) is 11.3. The molecule has 0 aliphatic carbocycles. The molecule has 0 bridgehead atoms. The largest absolute Gasteiger partial charge is 0.487 e. The first-order chi connectivity index (χ1) is 8.42. The van der Waals surface area contributed by atoms with Crippen LogP contribution in [0, 0.1) is 6.92 Å². The monoisotopic (exact) mass is 245 g/mol. The average Bonchev–Trinajstić information content (AvgIpc) is 2.28. The van der Waals surface area contributed by atoms with Gasteiger partial charge in [0, 0.05) is 11.6 Å². The summed E-state index contributed by atoms with van der Waals surface area (Å²) in [5, 5.41) is 10.3. The van der Waals surface area contributed by atoms with Crippen molar-refractivity contribution in [2.45, 2.75) is 39.9 Å². The van der Waals surface area contributed by atoms with Crippen LogP contribution in [0.25, 0.3) is 10.9 Å². The molecule has 0 unspecified atom stereocenters. The Kier molecular flexibility index (Phi) is 3.26. The van der Waals surface area contributed by atoms with Gasteiger partial charge in [0.1, 0.15) is 11.4 Å². The van der Waals surface area contributed by atoms with Crippen LogP contribution >= 0.6 is 0 Å². The lowest BCUT2D eigenvalue weighted by molar-refractivity contribution is 0.133. The number of fused-ring (bicyclic) bond motifs is 1. The highest BCUT2D eigenvalue weighted by atomic mass is 16.5. The quantitative estimate of drug-likeness (QED) is 0.883. The summed E-state index contributed by atoms with van der Waals surface area (Å²) < 4.78 is 5.94. The zero-order chi connectivity index (χ0) is 13.3. The first-order valence-electron chi connectivity index (χ1n) is 6.09. The molecule has 2 aromatic rings. The summed E-state index contributed by atoms with van der Waals surface area (Å²) in [5.74, 6) is 0.833. The molecule has 0 fully saturated rings. The van der Waals surface area contributed by atoms with Gasteiger partial charge in [0.05, 0.1) is 12.1 Å². The highest BCUT2D eigenvalue weighted by molar-refractivity contribution is 5.88. The van der Waals surface area contributed by atoms with Crippen molar-refractivity contribution in [2.24, 2.45) is 0 Å². The van der Waals surface area contributed by atoms with Gasteiger partial charge < -0.3 is 9.84 Å². The van der Waals surface area contributed by atoms with E-state index in [2.05, 4.69) is 4.98 Å². The van der Waals surface area contributed by atoms with Crippen molar-refractivity contribution >= 4 is 10.9 Å². The van der Waals surface area contributed by atoms with Crippen molar-refractivity contribution in [1.82, 2.24) is 4.98 Å². The molecule has 0 amide bonds. The smallest absolute Gasteiger partial charge is 0.131 e. The van der Waals surface area contributed by atoms with Crippen molar-refractivity contribution < 1.29 is 9.84 Å². The lowest BCUT2D eigenvalue weighted by Gasteiger charge is -2.22. The fraction of sp³-hybridized carbons (Fsp3) is 0.400. The molecule has 96 valence electrons. The fourth-order valence-electron chi connectivity index (χ4n) is 1.97. The summed E-state index contributed by atoms with van der Waals surface area (Å²) in [6.07, 6.45) is 1.75. The van der Waals surface area contributed by atoms with E-state index < -0.39 is 0 Å². The van der Waals surface area contributed by atoms with Gasteiger partial charge >= 0.3 is 0 Å². The molecule has 18 heavy (non-hydrogen) atoms. The average molecular weight is 245 g/mol. The van der Waals surface area contributed by atoms with E-state index in [4.69, 9.17) is 4.74 Å². The van der Waals surface area contributed by atoms with Gasteiger partial charge in [-0.1, -0.05) is 6.07 Å². The molecule has 1 aromatic carbocycles. The number of benzene rings is 1. The Balaban J connectivity index is 2.61. The number of pyridine rings is 1. The normalized spacial score (nSPS) is 11.8. The summed E-state index contributed by atoms with van der Waals surface area (Å²) >= 11 is 0. The van der Waals surface area contributed by atoms with Crippen LogP contribution in [0.4, 0.5) is 0 Å². The SMILES string of the molecule is Cc1c(CO)ccc2c(OC(C)(C)C)ccnc12. The van der Waals surface area contributed by atoms with Gasteiger partial charge in [-0.3, -0.25) is 4.98 Å². The molecule has 2 rings (SSSR count). The highest BCUT2D eigenvalue weighted by Gasteiger charge is 2.15. The minimum atomic E-state index is -0.238. The van der Waals surface area contributed by atoms with Crippen molar-refractivity contribution in [1.29, 1.82) is 0 Å². The molecule has 3 nitrogen and oxygen atoms in total.